The van der Waals surface area contributed by atoms with Gasteiger partial charge in [-0.3, -0.25) is 14.8 Å². The Morgan fingerprint density at radius 2 is 1.96 bits per heavy atom. The quantitative estimate of drug-likeness (QED) is 0.648. The van der Waals surface area contributed by atoms with Crippen molar-refractivity contribution in [2.45, 2.75) is 40.8 Å². The molecule has 0 fully saturated rings. The summed E-state index contributed by atoms with van der Waals surface area (Å²) in [5.74, 6) is -0.0829. The minimum Gasteiger partial charge on any atom is -0.293 e. The Hall–Kier alpha value is -2.48. The monoisotopic (exact) mass is 430 g/mol. The van der Waals surface area contributed by atoms with Crippen molar-refractivity contribution in [1.82, 2.24) is 24.5 Å². The molecule has 0 aliphatic rings. The van der Waals surface area contributed by atoms with Crippen molar-refractivity contribution in [1.29, 1.82) is 0 Å². The molecule has 0 bridgehead atoms. The molecule has 8 heteroatoms. The van der Waals surface area contributed by atoms with E-state index in [0.29, 0.717) is 19.0 Å². The molecular weight excluding hydrogens is 408 g/mol. The number of aryl methyl sites for hydroxylation is 2. The van der Waals surface area contributed by atoms with Crippen molar-refractivity contribution in [3.05, 3.63) is 57.6 Å². The van der Waals surface area contributed by atoms with Gasteiger partial charge in [0.05, 0.1) is 29.2 Å². The van der Waals surface area contributed by atoms with Gasteiger partial charge in [0.15, 0.2) is 0 Å². The summed E-state index contributed by atoms with van der Waals surface area (Å²) in [6, 6.07) is 8.13. The van der Waals surface area contributed by atoms with Gasteiger partial charge in [0.1, 0.15) is 6.33 Å². The lowest BCUT2D eigenvalue weighted by atomic mass is 10.1. The van der Waals surface area contributed by atoms with E-state index in [2.05, 4.69) is 55.5 Å². The molecule has 7 nitrogen and oxygen atoms in total. The molecule has 0 spiro atoms. The van der Waals surface area contributed by atoms with E-state index in [1.807, 2.05) is 37.6 Å². The minimum absolute atomic E-state index is 0.132. The van der Waals surface area contributed by atoms with Crippen LogP contribution in [0.1, 0.15) is 29.4 Å². The van der Waals surface area contributed by atoms with Crippen LogP contribution in [0.3, 0.4) is 0 Å². The van der Waals surface area contributed by atoms with E-state index in [1.165, 1.54) is 11.1 Å². The van der Waals surface area contributed by atoms with E-state index >= 15 is 0 Å². The van der Waals surface area contributed by atoms with Crippen LogP contribution >= 0.6 is 15.9 Å². The highest BCUT2D eigenvalue weighted by Crippen LogP contribution is 2.20. The zero-order valence-electron chi connectivity index (χ0n) is 15.9. The highest BCUT2D eigenvalue weighted by Gasteiger charge is 2.18. The number of carbonyl (C=O) groups excluding carboxylic acids is 1. The maximum Gasteiger partial charge on any atom is 0.248 e. The van der Waals surface area contributed by atoms with E-state index in [0.717, 1.165) is 15.9 Å². The standard InChI is InChI=1S/C19H23BrN6O/c1-12-7-5-6-8-16(12)10-25-11-21-19(24-25)22-18(27)13(2)9-26-15(4)17(20)14(3)23-26/h5-8,11,13H,9-10H2,1-4H3,(H,22,24,27). The first-order valence-electron chi connectivity index (χ1n) is 8.79. The molecule has 2 heterocycles. The number of nitrogens with one attached hydrogen (secondary N) is 1. The normalized spacial score (nSPS) is 12.2. The van der Waals surface area contributed by atoms with Gasteiger partial charge in [-0.1, -0.05) is 31.2 Å². The second kappa shape index (κ2) is 8.04. The molecule has 0 saturated heterocycles. The molecule has 27 heavy (non-hydrogen) atoms. The zero-order valence-corrected chi connectivity index (χ0v) is 17.5. The van der Waals surface area contributed by atoms with Crippen molar-refractivity contribution in [3.8, 4) is 0 Å². The van der Waals surface area contributed by atoms with Crippen LogP contribution in [0.15, 0.2) is 35.1 Å². The highest BCUT2D eigenvalue weighted by atomic mass is 79.9. The van der Waals surface area contributed by atoms with E-state index in [4.69, 9.17) is 0 Å². The zero-order chi connectivity index (χ0) is 19.6. The van der Waals surface area contributed by atoms with Gasteiger partial charge in [-0.05, 0) is 47.8 Å². The molecule has 1 atom stereocenters. The minimum atomic E-state index is -0.266. The maximum atomic E-state index is 12.5. The summed E-state index contributed by atoms with van der Waals surface area (Å²) in [6.07, 6.45) is 1.63. The molecule has 142 valence electrons. The summed E-state index contributed by atoms with van der Waals surface area (Å²) in [5, 5.41) is 11.6. The fourth-order valence-electron chi connectivity index (χ4n) is 2.82. The van der Waals surface area contributed by atoms with Crippen molar-refractivity contribution < 1.29 is 4.79 Å². The van der Waals surface area contributed by atoms with Crippen molar-refractivity contribution in [2.24, 2.45) is 5.92 Å². The second-order valence-corrected chi connectivity index (χ2v) is 7.54. The molecule has 1 aromatic carbocycles. The van der Waals surface area contributed by atoms with E-state index in [1.54, 1.807) is 11.0 Å². The molecular formula is C19H23BrN6O. The van der Waals surface area contributed by atoms with Crippen molar-refractivity contribution in [2.75, 3.05) is 5.32 Å². The predicted molar refractivity (Wildman–Crippen MR) is 107 cm³/mol. The number of carbonyl (C=O) groups is 1. The maximum absolute atomic E-state index is 12.5. The molecule has 1 amide bonds. The first-order valence-corrected chi connectivity index (χ1v) is 9.58. The van der Waals surface area contributed by atoms with Crippen LogP contribution in [0.25, 0.3) is 0 Å². The van der Waals surface area contributed by atoms with Crippen LogP contribution in [0.4, 0.5) is 5.95 Å². The third-order valence-electron chi connectivity index (χ3n) is 4.55. The molecule has 0 saturated carbocycles. The Balaban J connectivity index is 1.61. The smallest absolute Gasteiger partial charge is 0.248 e. The van der Waals surface area contributed by atoms with Crippen molar-refractivity contribution >= 4 is 27.8 Å². The SMILES string of the molecule is Cc1ccccc1Cn1cnc(NC(=O)C(C)Cn2nc(C)c(Br)c2C)n1. The van der Waals surface area contributed by atoms with Gasteiger partial charge in [0.2, 0.25) is 11.9 Å². The average Bonchev–Trinajstić information content (AvgIpc) is 3.17. The van der Waals surface area contributed by atoms with Gasteiger partial charge in [0, 0.05) is 5.69 Å². The topological polar surface area (TPSA) is 77.6 Å². The number of anilines is 1. The number of amides is 1. The molecule has 1 unspecified atom stereocenters. The van der Waals surface area contributed by atoms with Gasteiger partial charge in [0.25, 0.3) is 0 Å². The fraction of sp³-hybridized carbons (Fsp3) is 0.368. The number of nitrogens with zero attached hydrogens (tertiary/aromatic N) is 5. The van der Waals surface area contributed by atoms with E-state index < -0.39 is 0 Å². The molecule has 1 N–H and O–H groups in total. The first kappa shape index (κ1) is 19.3. The number of halogens is 1. The van der Waals surface area contributed by atoms with Gasteiger partial charge in [-0.2, -0.15) is 5.10 Å². The first-order chi connectivity index (χ1) is 12.8. The third kappa shape index (κ3) is 4.44. The molecule has 0 radical (unpaired) electrons. The fourth-order valence-corrected chi connectivity index (χ4v) is 3.10. The Morgan fingerprint density at radius 1 is 1.22 bits per heavy atom. The molecule has 2 aromatic heterocycles. The van der Waals surface area contributed by atoms with Crippen LogP contribution in [0.2, 0.25) is 0 Å². The Labute approximate surface area is 166 Å². The molecule has 3 aromatic rings. The van der Waals surface area contributed by atoms with Crippen LogP contribution in [0, 0.1) is 26.7 Å². The Kier molecular flexibility index (Phi) is 5.74. The summed E-state index contributed by atoms with van der Waals surface area (Å²) >= 11 is 3.51. The number of hydrogen-bond donors (Lipinski definition) is 1. The summed E-state index contributed by atoms with van der Waals surface area (Å²) < 4.78 is 4.54. The summed E-state index contributed by atoms with van der Waals surface area (Å²) in [6.45, 7) is 8.95. The predicted octanol–water partition coefficient (Wildman–Crippen LogP) is 3.49. The van der Waals surface area contributed by atoms with Crippen LogP contribution < -0.4 is 5.32 Å². The highest BCUT2D eigenvalue weighted by molar-refractivity contribution is 9.10. The lowest BCUT2D eigenvalue weighted by molar-refractivity contribution is -0.119. The van der Waals surface area contributed by atoms with E-state index in [9.17, 15) is 4.79 Å². The third-order valence-corrected chi connectivity index (χ3v) is 5.70. The van der Waals surface area contributed by atoms with Gasteiger partial charge < -0.3 is 0 Å². The molecule has 3 rings (SSSR count). The second-order valence-electron chi connectivity index (χ2n) is 6.75. The van der Waals surface area contributed by atoms with Gasteiger partial charge in [-0.15, -0.1) is 5.10 Å². The summed E-state index contributed by atoms with van der Waals surface area (Å²) in [7, 11) is 0. The number of hydrogen-bond acceptors (Lipinski definition) is 4. The summed E-state index contributed by atoms with van der Waals surface area (Å²) in [4.78, 5) is 16.7. The summed E-state index contributed by atoms with van der Waals surface area (Å²) in [5.41, 5.74) is 4.29. The number of rotatable bonds is 6. The van der Waals surface area contributed by atoms with E-state index in [-0.39, 0.29) is 11.8 Å². The molecule has 0 aliphatic heterocycles. The van der Waals surface area contributed by atoms with Crippen LogP contribution in [-0.4, -0.2) is 30.5 Å². The van der Waals surface area contributed by atoms with Crippen LogP contribution in [-0.2, 0) is 17.9 Å². The lowest BCUT2D eigenvalue weighted by Crippen LogP contribution is -2.26. The van der Waals surface area contributed by atoms with Gasteiger partial charge >= 0.3 is 0 Å². The number of aromatic nitrogens is 5. The lowest BCUT2D eigenvalue weighted by Gasteiger charge is -2.12. The van der Waals surface area contributed by atoms with Gasteiger partial charge in [-0.25, -0.2) is 9.67 Å². The molecule has 0 aliphatic carbocycles. The average molecular weight is 431 g/mol. The largest absolute Gasteiger partial charge is 0.293 e. The van der Waals surface area contributed by atoms with Crippen LogP contribution in [0.5, 0.6) is 0 Å². The Morgan fingerprint density at radius 3 is 2.63 bits per heavy atom. The number of benzene rings is 1. The van der Waals surface area contributed by atoms with Crippen molar-refractivity contribution in [3.63, 3.8) is 0 Å². The Bertz CT molecular complexity index is 961.